The maximum absolute atomic E-state index is 4.36. The summed E-state index contributed by atoms with van der Waals surface area (Å²) in [6, 6.07) is 0.628. The minimum atomic E-state index is 0.628. The third kappa shape index (κ3) is 6.30. The number of unbranched alkanes of at least 4 members (excludes halogenated alkanes) is 1. The Kier molecular flexibility index (Phi) is 8.72. The standard InChI is InChI=1S/C18H35N7/c1-4-6-11-24-12-8-7-9-16(24)14-21-18(19-3)20-10-13-25-15-22-23-17(25)5-2/h15-16H,4-14H2,1-3H3,(H2,19,20,21). The second kappa shape index (κ2) is 11.1. The van der Waals surface area contributed by atoms with Crippen LogP contribution in [0.15, 0.2) is 11.3 Å². The molecule has 0 aliphatic carbocycles. The van der Waals surface area contributed by atoms with Gasteiger partial charge in [0.25, 0.3) is 0 Å². The summed E-state index contributed by atoms with van der Waals surface area (Å²) in [6.07, 6.45) is 9.23. The fourth-order valence-corrected chi connectivity index (χ4v) is 3.42. The lowest BCUT2D eigenvalue weighted by atomic mass is 10.0. The Morgan fingerprint density at radius 2 is 2.16 bits per heavy atom. The average molecular weight is 350 g/mol. The van der Waals surface area contributed by atoms with Gasteiger partial charge in [-0.05, 0) is 32.4 Å². The molecule has 2 heterocycles. The van der Waals surface area contributed by atoms with Gasteiger partial charge in [-0.1, -0.05) is 26.7 Å². The van der Waals surface area contributed by atoms with Gasteiger partial charge in [0.2, 0.25) is 0 Å². The second-order valence-corrected chi connectivity index (χ2v) is 6.71. The second-order valence-electron chi connectivity index (χ2n) is 6.71. The predicted molar refractivity (Wildman–Crippen MR) is 103 cm³/mol. The largest absolute Gasteiger partial charge is 0.355 e. The van der Waals surface area contributed by atoms with Crippen LogP contribution in [0, 0.1) is 0 Å². The zero-order valence-corrected chi connectivity index (χ0v) is 16.2. The smallest absolute Gasteiger partial charge is 0.191 e. The van der Waals surface area contributed by atoms with Gasteiger partial charge in [0.15, 0.2) is 5.96 Å². The molecule has 142 valence electrons. The first kappa shape index (κ1) is 19.7. The third-order valence-corrected chi connectivity index (χ3v) is 4.93. The molecule has 1 saturated heterocycles. The normalized spacial score (nSPS) is 19.2. The van der Waals surface area contributed by atoms with E-state index in [-0.39, 0.29) is 0 Å². The van der Waals surface area contributed by atoms with E-state index >= 15 is 0 Å². The first-order valence-corrected chi connectivity index (χ1v) is 9.83. The van der Waals surface area contributed by atoms with E-state index in [0.717, 1.165) is 37.8 Å². The minimum absolute atomic E-state index is 0.628. The molecular weight excluding hydrogens is 314 g/mol. The first-order chi connectivity index (χ1) is 12.3. The number of rotatable bonds is 9. The van der Waals surface area contributed by atoms with Crippen LogP contribution in [0.25, 0.3) is 0 Å². The summed E-state index contributed by atoms with van der Waals surface area (Å²) in [6.45, 7) is 9.47. The monoisotopic (exact) mass is 349 g/mol. The van der Waals surface area contributed by atoms with E-state index in [1.807, 2.05) is 7.05 Å². The Morgan fingerprint density at radius 1 is 1.28 bits per heavy atom. The van der Waals surface area contributed by atoms with Crippen LogP contribution in [-0.2, 0) is 13.0 Å². The molecule has 2 N–H and O–H groups in total. The number of hydrogen-bond donors (Lipinski definition) is 2. The molecule has 0 amide bonds. The van der Waals surface area contributed by atoms with E-state index < -0.39 is 0 Å². The van der Waals surface area contributed by atoms with Crippen LogP contribution in [0.5, 0.6) is 0 Å². The first-order valence-electron chi connectivity index (χ1n) is 9.83. The Morgan fingerprint density at radius 3 is 2.92 bits per heavy atom. The van der Waals surface area contributed by atoms with Gasteiger partial charge in [-0.2, -0.15) is 0 Å². The van der Waals surface area contributed by atoms with Crippen LogP contribution in [0.3, 0.4) is 0 Å². The fourth-order valence-electron chi connectivity index (χ4n) is 3.42. The number of aryl methyl sites for hydroxylation is 1. The molecule has 1 atom stereocenters. The molecule has 0 bridgehead atoms. The minimum Gasteiger partial charge on any atom is -0.355 e. The van der Waals surface area contributed by atoms with Gasteiger partial charge in [0.1, 0.15) is 12.2 Å². The molecule has 1 aromatic heterocycles. The van der Waals surface area contributed by atoms with Crippen LogP contribution in [0.1, 0.15) is 51.8 Å². The van der Waals surface area contributed by atoms with E-state index in [4.69, 9.17) is 0 Å². The summed E-state index contributed by atoms with van der Waals surface area (Å²) in [5.41, 5.74) is 0. The molecule has 7 heteroatoms. The topological polar surface area (TPSA) is 70.4 Å². The maximum Gasteiger partial charge on any atom is 0.191 e. The number of nitrogens with zero attached hydrogens (tertiary/aromatic N) is 5. The summed E-state index contributed by atoms with van der Waals surface area (Å²) in [7, 11) is 1.83. The number of aliphatic imine (C=N–C) groups is 1. The van der Waals surface area contributed by atoms with Crippen LogP contribution < -0.4 is 10.6 Å². The van der Waals surface area contributed by atoms with Crippen LogP contribution in [-0.4, -0.2) is 64.9 Å². The van der Waals surface area contributed by atoms with Gasteiger partial charge >= 0.3 is 0 Å². The Labute approximate surface area is 152 Å². The Hall–Kier alpha value is -1.63. The summed E-state index contributed by atoms with van der Waals surface area (Å²) in [5.74, 6) is 1.91. The van der Waals surface area contributed by atoms with E-state index in [1.165, 1.54) is 45.2 Å². The zero-order valence-electron chi connectivity index (χ0n) is 16.2. The van der Waals surface area contributed by atoms with Crippen molar-refractivity contribution in [3.63, 3.8) is 0 Å². The van der Waals surface area contributed by atoms with Crippen LogP contribution in [0.4, 0.5) is 0 Å². The lowest BCUT2D eigenvalue weighted by Gasteiger charge is -2.36. The number of nitrogens with one attached hydrogen (secondary N) is 2. The van der Waals surface area contributed by atoms with Crippen molar-refractivity contribution in [3.8, 4) is 0 Å². The van der Waals surface area contributed by atoms with Crippen molar-refractivity contribution in [2.75, 3.05) is 33.2 Å². The SMILES string of the molecule is CCCCN1CCCCC1CNC(=NC)NCCn1cnnc1CC. The summed E-state index contributed by atoms with van der Waals surface area (Å²) >= 11 is 0. The Balaban J connectivity index is 1.73. The van der Waals surface area contributed by atoms with Gasteiger partial charge in [-0.15, -0.1) is 10.2 Å². The highest BCUT2D eigenvalue weighted by atomic mass is 15.3. The van der Waals surface area contributed by atoms with Gasteiger partial charge < -0.3 is 15.2 Å². The summed E-state index contributed by atoms with van der Waals surface area (Å²) in [4.78, 5) is 7.01. The fraction of sp³-hybridized carbons (Fsp3) is 0.833. The molecule has 0 spiro atoms. The van der Waals surface area contributed by atoms with Crippen molar-refractivity contribution < 1.29 is 0 Å². The van der Waals surface area contributed by atoms with Crippen molar-refractivity contribution in [3.05, 3.63) is 12.2 Å². The molecule has 0 radical (unpaired) electrons. The number of aromatic nitrogens is 3. The molecular formula is C18H35N7. The van der Waals surface area contributed by atoms with Crippen molar-refractivity contribution in [1.29, 1.82) is 0 Å². The highest BCUT2D eigenvalue weighted by Crippen LogP contribution is 2.16. The van der Waals surface area contributed by atoms with Crippen LogP contribution >= 0.6 is 0 Å². The van der Waals surface area contributed by atoms with E-state index in [9.17, 15) is 0 Å². The van der Waals surface area contributed by atoms with E-state index in [0.29, 0.717) is 6.04 Å². The predicted octanol–water partition coefficient (Wildman–Crippen LogP) is 1.66. The number of guanidine groups is 1. The van der Waals surface area contributed by atoms with E-state index in [2.05, 4.69) is 49.1 Å². The van der Waals surface area contributed by atoms with Crippen LogP contribution in [0.2, 0.25) is 0 Å². The molecule has 2 rings (SSSR count). The quantitative estimate of drug-likeness (QED) is 0.524. The highest BCUT2D eigenvalue weighted by molar-refractivity contribution is 5.79. The molecule has 25 heavy (non-hydrogen) atoms. The molecule has 1 aromatic rings. The highest BCUT2D eigenvalue weighted by Gasteiger charge is 2.21. The van der Waals surface area contributed by atoms with Gasteiger partial charge in [0.05, 0.1) is 0 Å². The molecule has 0 saturated carbocycles. The number of piperidine rings is 1. The van der Waals surface area contributed by atoms with Crippen molar-refractivity contribution >= 4 is 5.96 Å². The lowest BCUT2D eigenvalue weighted by Crippen LogP contribution is -2.49. The maximum atomic E-state index is 4.36. The average Bonchev–Trinajstić information content (AvgIpc) is 3.11. The molecule has 1 fully saturated rings. The van der Waals surface area contributed by atoms with Gasteiger partial charge in [0, 0.05) is 39.1 Å². The molecule has 1 aliphatic rings. The molecule has 0 aromatic carbocycles. The van der Waals surface area contributed by atoms with Gasteiger partial charge in [-0.25, -0.2) is 0 Å². The lowest BCUT2D eigenvalue weighted by molar-refractivity contribution is 0.147. The van der Waals surface area contributed by atoms with Gasteiger partial charge in [-0.3, -0.25) is 9.89 Å². The number of hydrogen-bond acceptors (Lipinski definition) is 4. The third-order valence-electron chi connectivity index (χ3n) is 4.93. The number of likely N-dealkylation sites (tertiary alicyclic amines) is 1. The Bertz CT molecular complexity index is 511. The molecule has 1 aliphatic heterocycles. The summed E-state index contributed by atoms with van der Waals surface area (Å²) in [5, 5.41) is 15.0. The summed E-state index contributed by atoms with van der Waals surface area (Å²) < 4.78 is 2.09. The molecule has 7 nitrogen and oxygen atoms in total. The van der Waals surface area contributed by atoms with E-state index in [1.54, 1.807) is 6.33 Å². The van der Waals surface area contributed by atoms with Crippen molar-refractivity contribution in [2.24, 2.45) is 4.99 Å². The van der Waals surface area contributed by atoms with Crippen molar-refractivity contribution in [1.82, 2.24) is 30.3 Å². The van der Waals surface area contributed by atoms with Crippen molar-refractivity contribution in [2.45, 2.75) is 65.0 Å². The molecule has 1 unspecified atom stereocenters. The zero-order chi connectivity index (χ0) is 17.9.